The first-order valence-electron chi connectivity index (χ1n) is 6.09. The smallest absolute Gasteiger partial charge is 0.252 e. The minimum absolute atomic E-state index is 0.219. The zero-order chi connectivity index (χ0) is 14.4. The van der Waals surface area contributed by atoms with Crippen LogP contribution in [-0.4, -0.2) is 17.5 Å². The summed E-state index contributed by atoms with van der Waals surface area (Å²) in [5.74, 6) is 0.796. The van der Waals surface area contributed by atoms with Gasteiger partial charge in [0.05, 0.1) is 6.21 Å². The molecule has 0 spiro atoms. The molecule has 1 aromatic carbocycles. The number of nitrogens with one attached hydrogen (secondary N) is 1. The van der Waals surface area contributed by atoms with Crippen molar-refractivity contribution in [3.05, 3.63) is 41.4 Å². The lowest BCUT2D eigenvalue weighted by atomic mass is 10.2. The van der Waals surface area contributed by atoms with Crippen LogP contribution in [0.15, 0.2) is 38.7 Å². The molecule has 0 aliphatic rings. The maximum Gasteiger partial charge on any atom is 0.252 e. The lowest BCUT2D eigenvalue weighted by Gasteiger charge is -1.97. The van der Waals surface area contributed by atoms with E-state index in [-0.39, 0.29) is 11.6 Å². The van der Waals surface area contributed by atoms with Gasteiger partial charge >= 0.3 is 0 Å². The van der Waals surface area contributed by atoms with E-state index < -0.39 is 0 Å². The minimum atomic E-state index is 0.219. The number of anilines is 1. The summed E-state index contributed by atoms with van der Waals surface area (Å²) in [7, 11) is 0. The van der Waals surface area contributed by atoms with Gasteiger partial charge in [-0.25, -0.2) is 10.4 Å². The Labute approximate surface area is 121 Å². The highest BCUT2D eigenvalue weighted by Gasteiger charge is 2.10. The number of thioether (sulfide) groups is 1. The number of rotatable bonds is 5. The minimum Gasteiger partial charge on any atom is -0.422 e. The van der Waals surface area contributed by atoms with E-state index >= 15 is 0 Å². The zero-order valence-electron chi connectivity index (χ0n) is 11.3. The highest BCUT2D eigenvalue weighted by molar-refractivity contribution is 7.98. The van der Waals surface area contributed by atoms with Gasteiger partial charge in [0.2, 0.25) is 5.69 Å². The molecule has 102 valence electrons. The quantitative estimate of drug-likeness (QED) is 0.518. The highest BCUT2D eigenvalue weighted by atomic mass is 32.2. The van der Waals surface area contributed by atoms with Crippen LogP contribution < -0.4 is 5.43 Å². The molecule has 5 nitrogen and oxygen atoms in total. The molecule has 0 aliphatic carbocycles. The third-order valence-corrected chi connectivity index (χ3v) is 3.32. The molecule has 0 unspecified atom stereocenters. The number of hydrogen-bond donors (Lipinski definition) is 1. The molecule has 0 saturated carbocycles. The molecular formula is C14H14N4OS. The Morgan fingerprint density at radius 1 is 1.45 bits per heavy atom. The van der Waals surface area contributed by atoms with Crippen LogP contribution in [0.5, 0.6) is 0 Å². The van der Waals surface area contributed by atoms with Crippen molar-refractivity contribution in [2.75, 3.05) is 11.7 Å². The highest BCUT2D eigenvalue weighted by Crippen LogP contribution is 2.17. The fourth-order valence-electron chi connectivity index (χ4n) is 1.52. The summed E-state index contributed by atoms with van der Waals surface area (Å²) in [6, 6.07) is 9.96. The number of nitriles is 1. The topological polar surface area (TPSA) is 74.2 Å². The van der Waals surface area contributed by atoms with Gasteiger partial charge in [-0.15, -0.1) is 11.8 Å². The van der Waals surface area contributed by atoms with Crippen LogP contribution in [0.25, 0.3) is 0 Å². The Kier molecular flexibility index (Phi) is 4.80. The van der Waals surface area contributed by atoms with Gasteiger partial charge in [0, 0.05) is 11.3 Å². The first-order chi connectivity index (χ1) is 9.76. The summed E-state index contributed by atoms with van der Waals surface area (Å²) >= 11 is 1.69. The van der Waals surface area contributed by atoms with E-state index in [0.717, 1.165) is 5.56 Å². The van der Waals surface area contributed by atoms with Crippen LogP contribution in [0.3, 0.4) is 0 Å². The van der Waals surface area contributed by atoms with E-state index in [0.29, 0.717) is 12.3 Å². The number of aryl methyl sites for hydroxylation is 1. The van der Waals surface area contributed by atoms with Crippen molar-refractivity contribution in [3.8, 4) is 6.07 Å². The molecule has 6 heteroatoms. The predicted molar refractivity (Wildman–Crippen MR) is 80.0 cm³/mol. The summed E-state index contributed by atoms with van der Waals surface area (Å²) in [5.41, 5.74) is 3.89. The van der Waals surface area contributed by atoms with E-state index in [4.69, 9.17) is 9.68 Å². The predicted octanol–water partition coefficient (Wildman–Crippen LogP) is 3.28. The fourth-order valence-corrected chi connectivity index (χ4v) is 1.93. The molecule has 0 saturated heterocycles. The molecule has 0 amide bonds. The molecule has 2 rings (SSSR count). The van der Waals surface area contributed by atoms with Gasteiger partial charge in [-0.1, -0.05) is 19.1 Å². The van der Waals surface area contributed by atoms with E-state index in [2.05, 4.69) is 15.5 Å². The number of hydrogen-bond acceptors (Lipinski definition) is 6. The molecule has 0 atom stereocenters. The number of hydrazone groups is 1. The zero-order valence-corrected chi connectivity index (χ0v) is 12.1. The van der Waals surface area contributed by atoms with Crippen molar-refractivity contribution in [1.82, 2.24) is 4.98 Å². The largest absolute Gasteiger partial charge is 0.422 e. The fraction of sp³-hybridized carbons (Fsp3) is 0.214. The van der Waals surface area contributed by atoms with E-state index in [9.17, 15) is 0 Å². The van der Waals surface area contributed by atoms with Crippen LogP contribution in [0, 0.1) is 11.3 Å². The van der Waals surface area contributed by atoms with Gasteiger partial charge in [0.25, 0.3) is 5.88 Å². The second kappa shape index (κ2) is 6.78. The summed E-state index contributed by atoms with van der Waals surface area (Å²) in [5, 5.41) is 13.0. The number of aromatic nitrogens is 1. The summed E-state index contributed by atoms with van der Waals surface area (Å²) in [4.78, 5) is 5.23. The number of nitrogens with zero attached hydrogens (tertiary/aromatic N) is 3. The molecule has 1 aromatic heterocycles. The first-order valence-corrected chi connectivity index (χ1v) is 7.32. The standard InChI is InChI=1S/C14H14N4OS/c1-3-13-17-12(8-15)14(19-13)18-16-9-10-4-6-11(20-2)7-5-10/h4-7,9,18H,3H2,1-2H3/b16-9-. The monoisotopic (exact) mass is 286 g/mol. The molecular weight excluding hydrogens is 272 g/mol. The van der Waals surface area contributed by atoms with Gasteiger partial charge in [0.1, 0.15) is 6.07 Å². The van der Waals surface area contributed by atoms with Gasteiger partial charge in [-0.05, 0) is 24.0 Å². The van der Waals surface area contributed by atoms with Gasteiger partial charge < -0.3 is 4.42 Å². The second-order valence-electron chi connectivity index (χ2n) is 3.89. The average molecular weight is 286 g/mol. The van der Waals surface area contributed by atoms with Crippen molar-refractivity contribution in [2.24, 2.45) is 5.10 Å². The maximum atomic E-state index is 8.93. The van der Waals surface area contributed by atoms with E-state index in [1.807, 2.05) is 43.5 Å². The summed E-state index contributed by atoms with van der Waals surface area (Å²) < 4.78 is 5.37. The van der Waals surface area contributed by atoms with Crippen molar-refractivity contribution in [3.63, 3.8) is 0 Å². The van der Waals surface area contributed by atoms with Crippen molar-refractivity contribution in [1.29, 1.82) is 5.26 Å². The van der Waals surface area contributed by atoms with Gasteiger partial charge in [-0.2, -0.15) is 10.4 Å². The van der Waals surface area contributed by atoms with Crippen molar-refractivity contribution < 1.29 is 4.42 Å². The first kappa shape index (κ1) is 14.2. The molecule has 20 heavy (non-hydrogen) atoms. The van der Waals surface area contributed by atoms with Crippen LogP contribution in [0.2, 0.25) is 0 Å². The molecule has 1 N–H and O–H groups in total. The third-order valence-electron chi connectivity index (χ3n) is 2.58. The SMILES string of the molecule is CCc1nc(C#N)c(N/N=C\c2ccc(SC)cc2)o1. The molecule has 0 radical (unpaired) electrons. The summed E-state index contributed by atoms with van der Waals surface area (Å²) in [6.07, 6.45) is 4.33. The Bertz CT molecular complexity index is 640. The lowest BCUT2D eigenvalue weighted by Crippen LogP contribution is -1.91. The molecule has 0 fully saturated rings. The van der Waals surface area contributed by atoms with Crippen molar-refractivity contribution >= 4 is 23.9 Å². The Morgan fingerprint density at radius 2 is 2.20 bits per heavy atom. The molecule has 0 aliphatic heterocycles. The Balaban J connectivity index is 2.05. The van der Waals surface area contributed by atoms with Gasteiger partial charge in [0.15, 0.2) is 5.89 Å². The number of oxazole rings is 1. The lowest BCUT2D eigenvalue weighted by molar-refractivity contribution is 0.513. The van der Waals surface area contributed by atoms with E-state index in [1.165, 1.54) is 4.90 Å². The van der Waals surface area contributed by atoms with Crippen LogP contribution in [0.1, 0.15) is 24.1 Å². The van der Waals surface area contributed by atoms with Crippen LogP contribution in [0.4, 0.5) is 5.88 Å². The third kappa shape index (κ3) is 3.39. The Morgan fingerprint density at radius 3 is 2.80 bits per heavy atom. The average Bonchev–Trinajstić information content (AvgIpc) is 2.90. The second-order valence-corrected chi connectivity index (χ2v) is 4.77. The Hall–Kier alpha value is -2.26. The van der Waals surface area contributed by atoms with Crippen LogP contribution in [-0.2, 0) is 6.42 Å². The van der Waals surface area contributed by atoms with Crippen LogP contribution >= 0.6 is 11.8 Å². The molecule has 2 aromatic rings. The van der Waals surface area contributed by atoms with Gasteiger partial charge in [-0.3, -0.25) is 0 Å². The molecule has 0 bridgehead atoms. The van der Waals surface area contributed by atoms with Crippen molar-refractivity contribution in [2.45, 2.75) is 18.2 Å². The maximum absolute atomic E-state index is 8.93. The normalized spacial score (nSPS) is 10.7. The molecule has 1 heterocycles. The number of benzene rings is 1. The summed E-state index contributed by atoms with van der Waals surface area (Å²) in [6.45, 7) is 1.91. The van der Waals surface area contributed by atoms with E-state index in [1.54, 1.807) is 18.0 Å².